The molecule has 0 aliphatic carbocycles. The number of amides is 2. The molecule has 1 aliphatic rings. The third-order valence-corrected chi connectivity index (χ3v) is 7.48. The number of unbranched alkanes of at least 4 members (excludes halogenated alkanes) is 2. The summed E-state index contributed by atoms with van der Waals surface area (Å²) in [6.45, 7) is 8.91. The second kappa shape index (κ2) is 12.5. The molecule has 40 heavy (non-hydrogen) atoms. The van der Waals surface area contributed by atoms with Gasteiger partial charge in [0.2, 0.25) is 0 Å². The van der Waals surface area contributed by atoms with E-state index in [-0.39, 0.29) is 34.7 Å². The van der Waals surface area contributed by atoms with Crippen molar-refractivity contribution in [3.8, 4) is 5.75 Å². The van der Waals surface area contributed by atoms with Gasteiger partial charge < -0.3 is 19.3 Å². The summed E-state index contributed by atoms with van der Waals surface area (Å²) in [5.74, 6) is -1.58. The number of carbonyl (C=O) groups is 3. The summed E-state index contributed by atoms with van der Waals surface area (Å²) in [7, 11) is -4.22. The van der Waals surface area contributed by atoms with Crippen LogP contribution in [0.3, 0.4) is 0 Å². The normalized spacial score (nSPS) is 16.0. The summed E-state index contributed by atoms with van der Waals surface area (Å²) in [5.41, 5.74) is 0.829. The molecule has 2 aromatic rings. The summed E-state index contributed by atoms with van der Waals surface area (Å²) < 4.78 is 37.4. The molecule has 11 heteroatoms. The average molecular weight is 573 g/mol. The number of allylic oxidation sites excluding steroid dienone is 1. The first-order valence-corrected chi connectivity index (χ1v) is 14.4. The lowest BCUT2D eigenvalue weighted by Gasteiger charge is -2.36. The topological polar surface area (TPSA) is 139 Å². The minimum atomic E-state index is -4.22. The van der Waals surface area contributed by atoms with E-state index >= 15 is 0 Å². The van der Waals surface area contributed by atoms with Gasteiger partial charge in [-0.15, -0.1) is 0 Å². The Balaban J connectivity index is 1.99. The molecule has 216 valence electrons. The van der Waals surface area contributed by atoms with Gasteiger partial charge in [0.15, 0.2) is 0 Å². The van der Waals surface area contributed by atoms with Gasteiger partial charge in [0.25, 0.3) is 0 Å². The van der Waals surface area contributed by atoms with E-state index in [0.29, 0.717) is 25.0 Å². The highest BCUT2D eigenvalue weighted by Gasteiger charge is 2.39. The molecule has 10 nitrogen and oxygen atoms in total. The van der Waals surface area contributed by atoms with Crippen LogP contribution in [0, 0.1) is 6.92 Å². The molecule has 0 fully saturated rings. The van der Waals surface area contributed by atoms with Gasteiger partial charge in [0.05, 0.1) is 11.6 Å². The van der Waals surface area contributed by atoms with E-state index in [0.717, 1.165) is 5.56 Å². The maximum Gasteiger partial charge on any atom is 0.339 e. The highest BCUT2D eigenvalue weighted by molar-refractivity contribution is 7.87. The zero-order valence-electron chi connectivity index (χ0n) is 23.4. The highest BCUT2D eigenvalue weighted by Crippen LogP contribution is 2.37. The van der Waals surface area contributed by atoms with E-state index in [2.05, 4.69) is 5.32 Å². The summed E-state index contributed by atoms with van der Waals surface area (Å²) in [6.07, 6.45) is 1.62. The summed E-state index contributed by atoms with van der Waals surface area (Å²) in [4.78, 5) is 38.9. The molecule has 0 saturated carbocycles. The van der Waals surface area contributed by atoms with Crippen molar-refractivity contribution in [3.63, 3.8) is 0 Å². The Morgan fingerprint density at radius 2 is 1.65 bits per heavy atom. The fourth-order valence-corrected chi connectivity index (χ4v) is 5.22. The monoisotopic (exact) mass is 572 g/mol. The Morgan fingerprint density at radius 1 is 1.00 bits per heavy atom. The number of carboxylic acid groups (broad SMARTS) is 1. The molecule has 1 atom stereocenters. The van der Waals surface area contributed by atoms with Crippen LogP contribution >= 0.6 is 0 Å². The molecule has 2 N–H and O–H groups in total. The molecule has 2 aromatic carbocycles. The summed E-state index contributed by atoms with van der Waals surface area (Å²) in [5, 5.41) is 11.7. The Hall–Kier alpha value is -3.86. The van der Waals surface area contributed by atoms with Crippen LogP contribution in [0.2, 0.25) is 0 Å². The molecule has 3 rings (SSSR count). The van der Waals surface area contributed by atoms with Gasteiger partial charge >= 0.3 is 28.1 Å². The fraction of sp³-hybridized carbons (Fsp3) is 0.414. The van der Waals surface area contributed by atoms with Crippen LogP contribution in [-0.4, -0.2) is 48.5 Å². The molecule has 1 unspecified atom stereocenters. The number of aliphatic carboxylic acids is 1. The number of nitrogens with zero attached hydrogens (tertiary/aromatic N) is 1. The van der Waals surface area contributed by atoms with Crippen molar-refractivity contribution in [2.24, 2.45) is 0 Å². The van der Waals surface area contributed by atoms with E-state index < -0.39 is 39.7 Å². The van der Waals surface area contributed by atoms with Crippen LogP contribution in [0.4, 0.5) is 4.79 Å². The van der Waals surface area contributed by atoms with Crippen LogP contribution in [-0.2, 0) is 24.4 Å². The molecule has 1 heterocycles. The molecule has 2 amide bonds. The number of nitrogens with one attached hydrogen (secondary N) is 1. The SMILES string of the molecule is CC1=C(C(=O)OC(C)(C)C)C(c2ccccc2OS(=O)(=O)c2ccc(C)cc2)NC(=O)N1CCCCCC(=O)O. The fourth-order valence-electron chi connectivity index (χ4n) is 4.27. The van der Waals surface area contributed by atoms with Crippen LogP contribution in [0.25, 0.3) is 0 Å². The minimum absolute atomic E-state index is 0.0336. The number of esters is 1. The predicted molar refractivity (Wildman–Crippen MR) is 148 cm³/mol. The number of rotatable bonds is 11. The van der Waals surface area contributed by atoms with Crippen LogP contribution in [0.5, 0.6) is 5.75 Å². The lowest BCUT2D eigenvalue weighted by molar-refractivity contribution is -0.150. The first-order chi connectivity index (χ1) is 18.7. The summed E-state index contributed by atoms with van der Waals surface area (Å²) in [6, 6.07) is 11.0. The number of hydrogen-bond acceptors (Lipinski definition) is 7. The van der Waals surface area contributed by atoms with Gasteiger partial charge in [-0.1, -0.05) is 42.3 Å². The molecular formula is C29H36N2O8S. The average Bonchev–Trinajstić information content (AvgIpc) is 2.84. The van der Waals surface area contributed by atoms with E-state index in [1.165, 1.54) is 23.1 Å². The zero-order chi connectivity index (χ0) is 29.7. The van der Waals surface area contributed by atoms with Gasteiger partial charge in [-0.3, -0.25) is 9.69 Å². The van der Waals surface area contributed by atoms with Crippen LogP contribution in [0.1, 0.15) is 70.5 Å². The van der Waals surface area contributed by atoms with Crippen molar-refractivity contribution in [3.05, 3.63) is 70.9 Å². The Labute approximate surface area is 235 Å². The second-order valence-corrected chi connectivity index (χ2v) is 12.2. The molecule has 0 bridgehead atoms. The molecular weight excluding hydrogens is 536 g/mol. The number of benzene rings is 2. The van der Waals surface area contributed by atoms with Crippen LogP contribution in [0.15, 0.2) is 64.7 Å². The van der Waals surface area contributed by atoms with Gasteiger partial charge in [-0.05, 0) is 65.7 Å². The minimum Gasteiger partial charge on any atom is -0.481 e. The Kier molecular flexibility index (Phi) is 9.62. The van der Waals surface area contributed by atoms with Crippen molar-refractivity contribution in [2.75, 3.05) is 6.54 Å². The smallest absolute Gasteiger partial charge is 0.339 e. The maximum absolute atomic E-state index is 13.5. The van der Waals surface area contributed by atoms with E-state index in [4.69, 9.17) is 14.0 Å². The van der Waals surface area contributed by atoms with E-state index in [1.807, 2.05) is 6.92 Å². The van der Waals surface area contributed by atoms with Crippen molar-refractivity contribution < 1.29 is 36.8 Å². The van der Waals surface area contributed by atoms with Crippen molar-refractivity contribution in [1.82, 2.24) is 10.2 Å². The van der Waals surface area contributed by atoms with Crippen molar-refractivity contribution in [2.45, 2.75) is 76.8 Å². The number of urea groups is 1. The summed E-state index contributed by atoms with van der Waals surface area (Å²) >= 11 is 0. The molecule has 0 saturated heterocycles. The zero-order valence-corrected chi connectivity index (χ0v) is 24.2. The quantitative estimate of drug-likeness (QED) is 0.216. The molecule has 0 aromatic heterocycles. The third-order valence-electron chi connectivity index (χ3n) is 6.23. The number of ether oxygens (including phenoxy) is 1. The standard InChI is InChI=1S/C29H36N2O8S/c1-19-14-16-21(17-15-19)40(36,37)39-23-12-9-8-11-22(23)26-25(27(34)38-29(3,4)5)20(2)31(28(35)30-26)18-10-6-7-13-24(32)33/h8-9,11-12,14-17,26H,6-7,10,13,18H2,1-5H3,(H,30,35)(H,32,33). The Bertz CT molecular complexity index is 1390. The Morgan fingerprint density at radius 3 is 2.27 bits per heavy atom. The number of hydrogen-bond donors (Lipinski definition) is 2. The van der Waals surface area contributed by atoms with Gasteiger partial charge in [-0.25, -0.2) is 9.59 Å². The maximum atomic E-state index is 13.5. The first kappa shape index (κ1) is 30.7. The molecule has 0 spiro atoms. The first-order valence-electron chi connectivity index (χ1n) is 13.0. The third kappa shape index (κ3) is 7.84. The second-order valence-electron chi connectivity index (χ2n) is 10.6. The van der Waals surface area contributed by atoms with Crippen molar-refractivity contribution in [1.29, 1.82) is 0 Å². The van der Waals surface area contributed by atoms with Crippen LogP contribution < -0.4 is 9.50 Å². The van der Waals surface area contributed by atoms with Gasteiger partial charge in [0, 0.05) is 24.2 Å². The predicted octanol–water partition coefficient (Wildman–Crippen LogP) is 5.09. The van der Waals surface area contributed by atoms with E-state index in [1.54, 1.807) is 58.0 Å². The number of carboxylic acids is 1. The lowest BCUT2D eigenvalue weighted by atomic mass is 9.94. The molecule has 1 aliphatic heterocycles. The van der Waals surface area contributed by atoms with Gasteiger partial charge in [-0.2, -0.15) is 8.42 Å². The largest absolute Gasteiger partial charge is 0.481 e. The number of carbonyl (C=O) groups excluding carboxylic acids is 2. The number of para-hydroxylation sites is 1. The van der Waals surface area contributed by atoms with E-state index in [9.17, 15) is 22.8 Å². The highest BCUT2D eigenvalue weighted by atomic mass is 32.2. The molecule has 0 radical (unpaired) electrons. The lowest BCUT2D eigenvalue weighted by Crippen LogP contribution is -2.48. The van der Waals surface area contributed by atoms with Gasteiger partial charge in [0.1, 0.15) is 16.2 Å². The van der Waals surface area contributed by atoms with Crippen molar-refractivity contribution >= 4 is 28.1 Å². The number of aryl methyl sites for hydroxylation is 1.